The Bertz CT molecular complexity index is 399. The number of hydrogen-bond donors (Lipinski definition) is 1. The lowest BCUT2D eigenvalue weighted by Gasteiger charge is -2.32. The van der Waals surface area contributed by atoms with Gasteiger partial charge < -0.3 is 10.2 Å². The van der Waals surface area contributed by atoms with Crippen LogP contribution in [0.15, 0.2) is 30.3 Å². The Balaban J connectivity index is 0.00000151. The van der Waals surface area contributed by atoms with Gasteiger partial charge in [0.2, 0.25) is 0 Å². The molecule has 0 amide bonds. The minimum atomic E-state index is 0.932. The number of benzene rings is 1. The van der Waals surface area contributed by atoms with Crippen molar-refractivity contribution in [1.82, 2.24) is 15.1 Å². The molecule has 1 fully saturated rings. The molecule has 3 nitrogen and oxygen atoms in total. The second kappa shape index (κ2) is 14.3. The molecule has 2 rings (SSSR count). The van der Waals surface area contributed by atoms with E-state index in [2.05, 4.69) is 52.5 Å². The molecule has 1 heterocycles. The second-order valence-electron chi connectivity index (χ2n) is 7.11. The molecule has 1 saturated heterocycles. The molecule has 144 valence electrons. The molecule has 0 atom stereocenters. The number of unbranched alkanes of at least 4 members (excludes halogenated alkanes) is 1. The summed E-state index contributed by atoms with van der Waals surface area (Å²) in [5, 5.41) is 3.22. The van der Waals surface area contributed by atoms with E-state index in [-0.39, 0.29) is 0 Å². The van der Waals surface area contributed by atoms with Crippen molar-refractivity contribution in [2.45, 2.75) is 52.5 Å². The highest BCUT2D eigenvalue weighted by molar-refractivity contribution is 5.14. The largest absolute Gasteiger partial charge is 0.320 e. The summed E-state index contributed by atoms with van der Waals surface area (Å²) in [6.07, 6.45) is 6.73. The van der Waals surface area contributed by atoms with Crippen LogP contribution in [0.1, 0.15) is 51.5 Å². The molecule has 0 radical (unpaired) electrons. The van der Waals surface area contributed by atoms with Crippen molar-refractivity contribution in [3.05, 3.63) is 35.9 Å². The Labute approximate surface area is 156 Å². The molecule has 0 saturated carbocycles. The maximum atomic E-state index is 3.22. The molecular weight excluding hydrogens is 306 g/mol. The van der Waals surface area contributed by atoms with Crippen LogP contribution in [-0.2, 0) is 6.54 Å². The Morgan fingerprint density at radius 1 is 1.04 bits per heavy atom. The van der Waals surface area contributed by atoms with Gasteiger partial charge in [-0.1, -0.05) is 44.2 Å². The fourth-order valence-corrected chi connectivity index (χ4v) is 3.47. The van der Waals surface area contributed by atoms with Gasteiger partial charge in [0.25, 0.3) is 0 Å². The van der Waals surface area contributed by atoms with Crippen LogP contribution in [0.3, 0.4) is 0 Å². The summed E-state index contributed by atoms with van der Waals surface area (Å²) in [6, 6.07) is 10.9. The molecule has 0 spiro atoms. The van der Waals surface area contributed by atoms with E-state index in [1.807, 2.05) is 20.9 Å². The first-order valence-corrected chi connectivity index (χ1v) is 10.4. The zero-order chi connectivity index (χ0) is 18.3. The summed E-state index contributed by atoms with van der Waals surface area (Å²) in [5.74, 6) is 0.932. The van der Waals surface area contributed by atoms with Crippen molar-refractivity contribution in [3.8, 4) is 0 Å². The van der Waals surface area contributed by atoms with Gasteiger partial charge in [-0.15, -0.1) is 0 Å². The van der Waals surface area contributed by atoms with Crippen molar-refractivity contribution in [2.75, 3.05) is 46.8 Å². The van der Waals surface area contributed by atoms with Gasteiger partial charge in [-0.05, 0) is 90.4 Å². The van der Waals surface area contributed by atoms with Crippen molar-refractivity contribution in [3.63, 3.8) is 0 Å². The summed E-state index contributed by atoms with van der Waals surface area (Å²) >= 11 is 0. The molecule has 0 aliphatic carbocycles. The zero-order valence-electron chi connectivity index (χ0n) is 17.1. The average Bonchev–Trinajstić information content (AvgIpc) is 2.67. The highest BCUT2D eigenvalue weighted by Gasteiger charge is 2.19. The normalized spacial score (nSPS) is 15.9. The Hall–Kier alpha value is -0.900. The fourth-order valence-electron chi connectivity index (χ4n) is 3.47. The van der Waals surface area contributed by atoms with Gasteiger partial charge in [0.05, 0.1) is 0 Å². The van der Waals surface area contributed by atoms with Crippen LogP contribution >= 0.6 is 0 Å². The predicted molar refractivity (Wildman–Crippen MR) is 111 cm³/mol. The number of nitrogens with zero attached hydrogens (tertiary/aromatic N) is 2. The number of rotatable bonds is 10. The predicted octanol–water partition coefficient (Wildman–Crippen LogP) is 4.25. The number of likely N-dealkylation sites (tertiary alicyclic amines) is 1. The van der Waals surface area contributed by atoms with E-state index >= 15 is 0 Å². The molecule has 1 aliphatic heterocycles. The van der Waals surface area contributed by atoms with Crippen LogP contribution in [0.25, 0.3) is 0 Å². The summed E-state index contributed by atoms with van der Waals surface area (Å²) in [7, 11) is 4.32. The first-order chi connectivity index (χ1) is 12.3. The Morgan fingerprint density at radius 3 is 2.36 bits per heavy atom. The third-order valence-electron chi connectivity index (χ3n) is 5.09. The molecule has 1 aromatic carbocycles. The van der Waals surface area contributed by atoms with Gasteiger partial charge in [0.15, 0.2) is 0 Å². The summed E-state index contributed by atoms with van der Waals surface area (Å²) in [5.41, 5.74) is 1.45. The molecule has 0 unspecified atom stereocenters. The van der Waals surface area contributed by atoms with Crippen LogP contribution in [0.4, 0.5) is 0 Å². The third-order valence-corrected chi connectivity index (χ3v) is 5.09. The van der Waals surface area contributed by atoms with Gasteiger partial charge in [-0.2, -0.15) is 0 Å². The van der Waals surface area contributed by atoms with Gasteiger partial charge in [-0.25, -0.2) is 0 Å². The highest BCUT2D eigenvalue weighted by Crippen LogP contribution is 2.22. The minimum absolute atomic E-state index is 0.932. The van der Waals surface area contributed by atoms with Gasteiger partial charge in [0, 0.05) is 6.54 Å². The first-order valence-electron chi connectivity index (χ1n) is 10.4. The van der Waals surface area contributed by atoms with Crippen LogP contribution in [-0.4, -0.2) is 56.6 Å². The lowest BCUT2D eigenvalue weighted by Crippen LogP contribution is -2.34. The number of hydrogen-bond acceptors (Lipinski definition) is 3. The van der Waals surface area contributed by atoms with E-state index in [0.29, 0.717) is 0 Å². The zero-order valence-corrected chi connectivity index (χ0v) is 17.1. The minimum Gasteiger partial charge on any atom is -0.320 e. The molecule has 1 aliphatic rings. The van der Waals surface area contributed by atoms with E-state index in [1.165, 1.54) is 63.8 Å². The molecule has 1 N–H and O–H groups in total. The van der Waals surface area contributed by atoms with Crippen LogP contribution in [0.2, 0.25) is 0 Å². The maximum absolute atomic E-state index is 3.22. The topological polar surface area (TPSA) is 18.5 Å². The second-order valence-corrected chi connectivity index (χ2v) is 7.11. The number of nitrogens with one attached hydrogen (secondary N) is 1. The van der Waals surface area contributed by atoms with Gasteiger partial charge >= 0.3 is 0 Å². The van der Waals surface area contributed by atoms with Crippen molar-refractivity contribution in [1.29, 1.82) is 0 Å². The molecule has 1 aromatic rings. The molecule has 0 bridgehead atoms. The van der Waals surface area contributed by atoms with E-state index in [4.69, 9.17) is 0 Å². The van der Waals surface area contributed by atoms with Crippen molar-refractivity contribution in [2.24, 2.45) is 5.92 Å². The SMILES string of the molecule is CC.CNCCCCN(C)CCC1CCN(Cc2ccccc2)CC1. The molecular formula is C22H41N3. The smallest absolute Gasteiger partial charge is 0.0233 e. The fraction of sp³-hybridized carbons (Fsp3) is 0.727. The first kappa shape index (κ1) is 22.1. The monoisotopic (exact) mass is 347 g/mol. The Kier molecular flexibility index (Phi) is 12.7. The van der Waals surface area contributed by atoms with Crippen LogP contribution < -0.4 is 5.32 Å². The standard InChI is InChI=1S/C20H35N3.C2H6/c1-21-13-6-7-14-22(2)15-10-19-11-16-23(17-12-19)18-20-8-4-3-5-9-20;1-2/h3-5,8-9,19,21H,6-7,10-18H2,1-2H3;1-2H3. The van der Waals surface area contributed by atoms with Crippen LogP contribution in [0.5, 0.6) is 0 Å². The number of piperidine rings is 1. The van der Waals surface area contributed by atoms with E-state index in [1.54, 1.807) is 0 Å². The summed E-state index contributed by atoms with van der Waals surface area (Å²) in [6.45, 7) is 11.3. The highest BCUT2D eigenvalue weighted by atomic mass is 15.1. The molecule has 25 heavy (non-hydrogen) atoms. The van der Waals surface area contributed by atoms with E-state index in [0.717, 1.165) is 19.0 Å². The van der Waals surface area contributed by atoms with Crippen molar-refractivity contribution >= 4 is 0 Å². The quantitative estimate of drug-likeness (QED) is 0.639. The maximum Gasteiger partial charge on any atom is 0.0233 e. The van der Waals surface area contributed by atoms with E-state index < -0.39 is 0 Å². The van der Waals surface area contributed by atoms with Crippen LogP contribution in [0, 0.1) is 5.92 Å². The summed E-state index contributed by atoms with van der Waals surface area (Å²) in [4.78, 5) is 5.14. The Morgan fingerprint density at radius 2 is 1.72 bits per heavy atom. The van der Waals surface area contributed by atoms with Gasteiger partial charge in [-0.3, -0.25) is 4.90 Å². The summed E-state index contributed by atoms with van der Waals surface area (Å²) < 4.78 is 0. The lowest BCUT2D eigenvalue weighted by atomic mass is 9.93. The van der Waals surface area contributed by atoms with Gasteiger partial charge in [0.1, 0.15) is 0 Å². The molecule has 3 heteroatoms. The average molecular weight is 348 g/mol. The lowest BCUT2D eigenvalue weighted by molar-refractivity contribution is 0.162. The van der Waals surface area contributed by atoms with Crippen molar-refractivity contribution < 1.29 is 0 Å². The third kappa shape index (κ3) is 9.98. The van der Waals surface area contributed by atoms with E-state index in [9.17, 15) is 0 Å². The molecule has 0 aromatic heterocycles.